The second-order valence-electron chi connectivity index (χ2n) is 6.03. The van der Waals surface area contributed by atoms with Crippen LogP contribution in [0.3, 0.4) is 0 Å². The Balaban J connectivity index is 0.00000104. The summed E-state index contributed by atoms with van der Waals surface area (Å²) in [6.45, 7) is 3.27. The van der Waals surface area contributed by atoms with Crippen molar-refractivity contribution < 1.29 is 5.48 Å². The van der Waals surface area contributed by atoms with E-state index in [-0.39, 0.29) is 17.9 Å². The van der Waals surface area contributed by atoms with Gasteiger partial charge in [0.25, 0.3) is 0 Å². The number of nitrogens with one attached hydrogen (secondary N) is 2. The van der Waals surface area contributed by atoms with Gasteiger partial charge in [0.2, 0.25) is 0 Å². The molecule has 0 saturated carbocycles. The molecule has 3 aromatic heterocycles. The number of fused-ring (bicyclic) bond motifs is 1. The molecule has 4 rings (SSSR count). The number of H-pyrrole nitrogens is 1. The standard InChI is InChI=1S/C17H19N5.ClH.H2O/c1-11-7-12(4-6-19-11)17-20-10-16-15(22-17)8-14(21-16)13-3-2-5-18-9-13;;/h2-3,5,8-12,19,21H,4,6-7H2,1H3;1H;1H2. The lowest BCUT2D eigenvalue weighted by Crippen LogP contribution is -2.35. The Morgan fingerprint density at radius 1 is 1.25 bits per heavy atom. The first-order valence-corrected chi connectivity index (χ1v) is 7.79. The van der Waals surface area contributed by atoms with Crippen molar-refractivity contribution in [2.45, 2.75) is 31.7 Å². The maximum atomic E-state index is 4.79. The fraction of sp³-hybridized carbons (Fsp3) is 0.353. The number of aromatic nitrogens is 4. The van der Waals surface area contributed by atoms with Gasteiger partial charge in [-0.2, -0.15) is 0 Å². The highest BCUT2D eigenvalue weighted by atomic mass is 35.5. The summed E-state index contributed by atoms with van der Waals surface area (Å²) in [7, 11) is 0. The number of nitrogens with zero attached hydrogens (tertiary/aromatic N) is 3. The third-order valence-electron chi connectivity index (χ3n) is 4.35. The Morgan fingerprint density at radius 2 is 2.12 bits per heavy atom. The number of piperidine rings is 1. The van der Waals surface area contributed by atoms with Gasteiger partial charge in [-0.1, -0.05) is 0 Å². The molecule has 3 aromatic rings. The Labute approximate surface area is 146 Å². The van der Waals surface area contributed by atoms with Gasteiger partial charge in [0.05, 0.1) is 17.2 Å². The molecule has 6 nitrogen and oxygen atoms in total. The summed E-state index contributed by atoms with van der Waals surface area (Å²) in [5, 5.41) is 3.48. The Morgan fingerprint density at radius 3 is 2.88 bits per heavy atom. The predicted molar refractivity (Wildman–Crippen MR) is 97.4 cm³/mol. The van der Waals surface area contributed by atoms with E-state index in [1.807, 2.05) is 24.5 Å². The summed E-state index contributed by atoms with van der Waals surface area (Å²) in [5.41, 5.74) is 4.06. The minimum Gasteiger partial charge on any atom is -0.412 e. The number of halogens is 1. The molecule has 2 atom stereocenters. The normalized spacial score (nSPS) is 20.2. The van der Waals surface area contributed by atoms with E-state index >= 15 is 0 Å². The molecule has 0 amide bonds. The Kier molecular flexibility index (Phi) is 5.88. The zero-order chi connectivity index (χ0) is 14.9. The van der Waals surface area contributed by atoms with Gasteiger partial charge in [0.1, 0.15) is 5.82 Å². The Hall–Kier alpha value is -2.02. The van der Waals surface area contributed by atoms with Gasteiger partial charge in [-0.15, -0.1) is 12.4 Å². The second-order valence-corrected chi connectivity index (χ2v) is 6.03. The van der Waals surface area contributed by atoms with Gasteiger partial charge >= 0.3 is 0 Å². The molecule has 1 aliphatic rings. The van der Waals surface area contributed by atoms with Crippen LogP contribution >= 0.6 is 12.4 Å². The number of pyridine rings is 1. The molecule has 7 heteroatoms. The molecule has 0 radical (unpaired) electrons. The molecular weight excluding hydrogens is 326 g/mol. The van der Waals surface area contributed by atoms with Gasteiger partial charge in [0.15, 0.2) is 0 Å². The highest BCUT2D eigenvalue weighted by Crippen LogP contribution is 2.27. The van der Waals surface area contributed by atoms with Crippen LogP contribution < -0.4 is 5.32 Å². The molecule has 2 unspecified atom stereocenters. The fourth-order valence-electron chi connectivity index (χ4n) is 3.17. The number of rotatable bonds is 2. The van der Waals surface area contributed by atoms with Crippen LogP contribution in [-0.4, -0.2) is 38.0 Å². The monoisotopic (exact) mass is 347 g/mol. The number of aromatic amines is 1. The zero-order valence-electron chi connectivity index (χ0n) is 13.5. The van der Waals surface area contributed by atoms with Crippen LogP contribution in [0, 0.1) is 0 Å². The second kappa shape index (κ2) is 7.70. The quantitative estimate of drug-likeness (QED) is 0.744. The van der Waals surface area contributed by atoms with E-state index in [0.717, 1.165) is 47.5 Å². The van der Waals surface area contributed by atoms with Crippen LogP contribution in [-0.2, 0) is 0 Å². The van der Waals surface area contributed by atoms with Crippen LogP contribution in [0.15, 0.2) is 36.8 Å². The van der Waals surface area contributed by atoms with E-state index in [9.17, 15) is 0 Å². The lowest BCUT2D eigenvalue weighted by molar-refractivity contribution is 0.371. The van der Waals surface area contributed by atoms with E-state index in [1.165, 1.54) is 0 Å². The first-order chi connectivity index (χ1) is 10.8. The van der Waals surface area contributed by atoms with E-state index in [0.29, 0.717) is 12.0 Å². The average Bonchev–Trinajstić information content (AvgIpc) is 2.99. The van der Waals surface area contributed by atoms with Crippen molar-refractivity contribution in [1.29, 1.82) is 0 Å². The molecule has 4 heterocycles. The molecule has 0 bridgehead atoms. The molecule has 0 aliphatic carbocycles. The van der Waals surface area contributed by atoms with Gasteiger partial charge in [-0.25, -0.2) is 9.97 Å². The van der Waals surface area contributed by atoms with Crippen LogP contribution in [0.5, 0.6) is 0 Å². The maximum Gasteiger partial charge on any atom is 0.132 e. The van der Waals surface area contributed by atoms with E-state index < -0.39 is 0 Å². The van der Waals surface area contributed by atoms with Crippen LogP contribution in [0.25, 0.3) is 22.3 Å². The number of hydrogen-bond acceptors (Lipinski definition) is 4. The largest absolute Gasteiger partial charge is 0.412 e. The summed E-state index contributed by atoms with van der Waals surface area (Å²) >= 11 is 0. The highest BCUT2D eigenvalue weighted by molar-refractivity contribution is 5.85. The fourth-order valence-corrected chi connectivity index (χ4v) is 3.17. The van der Waals surface area contributed by atoms with Crippen molar-refractivity contribution in [2.24, 2.45) is 0 Å². The topological polar surface area (TPSA) is 98.0 Å². The molecule has 1 aliphatic heterocycles. The minimum atomic E-state index is 0. The summed E-state index contributed by atoms with van der Waals surface area (Å²) in [5.74, 6) is 1.43. The molecule has 4 N–H and O–H groups in total. The summed E-state index contributed by atoms with van der Waals surface area (Å²) < 4.78 is 0. The van der Waals surface area contributed by atoms with Gasteiger partial charge in [-0.3, -0.25) is 4.98 Å². The predicted octanol–water partition coefficient (Wildman–Crippen LogP) is 2.47. The third-order valence-corrected chi connectivity index (χ3v) is 4.35. The Bertz CT molecular complexity index is 792. The van der Waals surface area contributed by atoms with Crippen LogP contribution in [0.4, 0.5) is 0 Å². The van der Waals surface area contributed by atoms with Crippen LogP contribution in [0.1, 0.15) is 31.5 Å². The molecule has 24 heavy (non-hydrogen) atoms. The van der Waals surface area contributed by atoms with E-state index in [2.05, 4.69) is 33.3 Å². The van der Waals surface area contributed by atoms with Crippen molar-refractivity contribution in [1.82, 2.24) is 25.3 Å². The molecule has 0 aromatic carbocycles. The smallest absolute Gasteiger partial charge is 0.132 e. The average molecular weight is 348 g/mol. The lowest BCUT2D eigenvalue weighted by atomic mass is 9.92. The van der Waals surface area contributed by atoms with E-state index in [1.54, 1.807) is 6.20 Å². The molecule has 0 spiro atoms. The summed E-state index contributed by atoms with van der Waals surface area (Å²) in [6, 6.07) is 6.60. The van der Waals surface area contributed by atoms with Gasteiger partial charge in [-0.05, 0) is 44.5 Å². The van der Waals surface area contributed by atoms with Crippen molar-refractivity contribution in [2.75, 3.05) is 6.54 Å². The lowest BCUT2D eigenvalue weighted by Gasteiger charge is -2.26. The van der Waals surface area contributed by atoms with Gasteiger partial charge in [0, 0.05) is 35.6 Å². The van der Waals surface area contributed by atoms with Crippen molar-refractivity contribution >= 4 is 23.4 Å². The van der Waals surface area contributed by atoms with Crippen molar-refractivity contribution in [3.05, 3.63) is 42.6 Å². The van der Waals surface area contributed by atoms with Gasteiger partial charge < -0.3 is 15.8 Å². The SMILES string of the molecule is CC1CC(c2ncc3[nH]c(-c4cccnc4)cc3n2)CCN1.Cl.O. The third kappa shape index (κ3) is 3.56. The molecule has 1 fully saturated rings. The first-order valence-electron chi connectivity index (χ1n) is 7.79. The molecule has 128 valence electrons. The molecular formula is C17H22ClN5O. The summed E-state index contributed by atoms with van der Waals surface area (Å²) in [4.78, 5) is 16.9. The van der Waals surface area contributed by atoms with Crippen LogP contribution in [0.2, 0.25) is 0 Å². The maximum absolute atomic E-state index is 4.79. The van der Waals surface area contributed by atoms with E-state index in [4.69, 9.17) is 4.98 Å². The van der Waals surface area contributed by atoms with Crippen molar-refractivity contribution in [3.8, 4) is 11.3 Å². The van der Waals surface area contributed by atoms with Crippen molar-refractivity contribution in [3.63, 3.8) is 0 Å². The number of hydrogen-bond donors (Lipinski definition) is 2. The first kappa shape index (κ1) is 18.3. The minimum absolute atomic E-state index is 0. The zero-order valence-corrected chi connectivity index (χ0v) is 14.3. The molecule has 1 saturated heterocycles. The summed E-state index contributed by atoms with van der Waals surface area (Å²) in [6.07, 6.45) is 7.75. The highest BCUT2D eigenvalue weighted by Gasteiger charge is 2.22.